The van der Waals surface area contributed by atoms with Gasteiger partial charge in [0.25, 0.3) is 11.5 Å². The van der Waals surface area contributed by atoms with E-state index in [0.717, 1.165) is 24.5 Å². The molecule has 0 saturated carbocycles. The number of rotatable bonds is 7. The minimum atomic E-state index is -0.364. The number of anilines is 2. The van der Waals surface area contributed by atoms with Crippen molar-refractivity contribution < 1.29 is 4.79 Å². The SMILES string of the molecule is CCN(CC)c1ccc(N=Nc2ccc(C(=O)Nc3ccc[nH]c3=O)cc2)cc1. The van der Waals surface area contributed by atoms with E-state index in [0.29, 0.717) is 11.3 Å². The Kier molecular flexibility index (Phi) is 6.52. The molecule has 3 aromatic rings. The van der Waals surface area contributed by atoms with Gasteiger partial charge in [0.15, 0.2) is 0 Å². The lowest BCUT2D eigenvalue weighted by atomic mass is 10.2. The predicted octanol–water partition coefficient (Wildman–Crippen LogP) is 4.89. The van der Waals surface area contributed by atoms with Gasteiger partial charge in [-0.05, 0) is 74.5 Å². The Balaban J connectivity index is 1.65. The highest BCUT2D eigenvalue weighted by Gasteiger charge is 2.08. The lowest BCUT2D eigenvalue weighted by molar-refractivity contribution is 0.102. The number of carbonyl (C=O) groups excluding carboxylic acids is 1. The number of azo groups is 1. The Morgan fingerprint density at radius 1 is 0.931 bits per heavy atom. The third-order valence-corrected chi connectivity index (χ3v) is 4.46. The van der Waals surface area contributed by atoms with E-state index in [1.807, 2.05) is 24.3 Å². The highest BCUT2D eigenvalue weighted by molar-refractivity contribution is 6.04. The summed E-state index contributed by atoms with van der Waals surface area (Å²) in [7, 11) is 0. The summed E-state index contributed by atoms with van der Waals surface area (Å²) in [5.74, 6) is -0.364. The molecule has 0 saturated heterocycles. The second kappa shape index (κ2) is 9.45. The highest BCUT2D eigenvalue weighted by atomic mass is 16.2. The fourth-order valence-corrected chi connectivity index (χ4v) is 2.83. The maximum absolute atomic E-state index is 12.3. The van der Waals surface area contributed by atoms with Crippen molar-refractivity contribution in [1.29, 1.82) is 0 Å². The van der Waals surface area contributed by atoms with Gasteiger partial charge in [-0.1, -0.05) is 0 Å². The summed E-state index contributed by atoms with van der Waals surface area (Å²) in [6, 6.07) is 17.8. The summed E-state index contributed by atoms with van der Waals surface area (Å²) < 4.78 is 0. The number of hydrogen-bond donors (Lipinski definition) is 2. The van der Waals surface area contributed by atoms with Gasteiger partial charge in [0.1, 0.15) is 5.69 Å². The topological polar surface area (TPSA) is 89.9 Å². The van der Waals surface area contributed by atoms with E-state index in [2.05, 4.69) is 39.3 Å². The monoisotopic (exact) mass is 389 g/mol. The summed E-state index contributed by atoms with van der Waals surface area (Å²) in [6.07, 6.45) is 1.51. The smallest absolute Gasteiger partial charge is 0.271 e. The van der Waals surface area contributed by atoms with Crippen molar-refractivity contribution in [2.75, 3.05) is 23.3 Å². The van der Waals surface area contributed by atoms with Gasteiger partial charge >= 0.3 is 0 Å². The molecule has 7 heteroatoms. The van der Waals surface area contributed by atoms with Gasteiger partial charge in [0, 0.05) is 30.5 Å². The second-order valence-electron chi connectivity index (χ2n) is 6.30. The number of nitrogens with zero attached hydrogens (tertiary/aromatic N) is 3. The zero-order chi connectivity index (χ0) is 20.6. The molecule has 0 radical (unpaired) electrons. The van der Waals surface area contributed by atoms with E-state index in [9.17, 15) is 9.59 Å². The number of H-pyrrole nitrogens is 1. The number of pyridine rings is 1. The predicted molar refractivity (Wildman–Crippen MR) is 116 cm³/mol. The van der Waals surface area contributed by atoms with E-state index in [1.165, 1.54) is 6.20 Å². The first kappa shape index (κ1) is 20.0. The van der Waals surface area contributed by atoms with Crippen LogP contribution in [0.4, 0.5) is 22.7 Å². The van der Waals surface area contributed by atoms with Crippen molar-refractivity contribution >= 4 is 28.7 Å². The largest absolute Gasteiger partial charge is 0.372 e. The van der Waals surface area contributed by atoms with E-state index < -0.39 is 0 Å². The first-order valence-corrected chi connectivity index (χ1v) is 9.46. The minimum absolute atomic E-state index is 0.203. The molecule has 29 heavy (non-hydrogen) atoms. The van der Waals surface area contributed by atoms with Crippen molar-refractivity contribution in [2.45, 2.75) is 13.8 Å². The number of amides is 1. The number of aromatic amines is 1. The average molecular weight is 389 g/mol. The lowest BCUT2D eigenvalue weighted by Gasteiger charge is -2.20. The van der Waals surface area contributed by atoms with Crippen LogP contribution in [-0.4, -0.2) is 24.0 Å². The number of hydrogen-bond acceptors (Lipinski definition) is 5. The Morgan fingerprint density at radius 3 is 2.07 bits per heavy atom. The van der Waals surface area contributed by atoms with Crippen LogP contribution in [0, 0.1) is 0 Å². The van der Waals surface area contributed by atoms with Crippen molar-refractivity contribution in [1.82, 2.24) is 4.98 Å². The van der Waals surface area contributed by atoms with Crippen LogP contribution in [-0.2, 0) is 0 Å². The quantitative estimate of drug-likeness (QED) is 0.564. The molecule has 3 rings (SSSR count). The molecule has 0 atom stereocenters. The second-order valence-corrected chi connectivity index (χ2v) is 6.30. The maximum Gasteiger partial charge on any atom is 0.271 e. The molecule has 2 N–H and O–H groups in total. The summed E-state index contributed by atoms with van der Waals surface area (Å²) in [5, 5.41) is 11.0. The minimum Gasteiger partial charge on any atom is -0.372 e. The molecule has 0 bridgehead atoms. The first-order chi connectivity index (χ1) is 14.1. The molecular weight excluding hydrogens is 366 g/mol. The van der Waals surface area contributed by atoms with E-state index >= 15 is 0 Å². The summed E-state index contributed by atoms with van der Waals surface area (Å²) in [6.45, 7) is 6.16. The number of nitrogens with one attached hydrogen (secondary N) is 2. The Labute approximate surface area is 169 Å². The molecule has 0 unspecified atom stereocenters. The Hall–Kier alpha value is -3.74. The fraction of sp³-hybridized carbons (Fsp3) is 0.182. The third kappa shape index (κ3) is 5.16. The first-order valence-electron chi connectivity index (χ1n) is 9.46. The molecule has 1 aromatic heterocycles. The number of carbonyl (C=O) groups is 1. The third-order valence-electron chi connectivity index (χ3n) is 4.46. The van der Waals surface area contributed by atoms with Crippen molar-refractivity contribution in [3.63, 3.8) is 0 Å². The van der Waals surface area contributed by atoms with Gasteiger partial charge in [-0.3, -0.25) is 9.59 Å². The van der Waals surface area contributed by atoms with Gasteiger partial charge in [-0.25, -0.2) is 0 Å². The normalized spacial score (nSPS) is 10.8. The molecule has 1 heterocycles. The zero-order valence-electron chi connectivity index (χ0n) is 16.4. The summed E-state index contributed by atoms with van der Waals surface area (Å²) in [4.78, 5) is 28.7. The Morgan fingerprint density at radius 2 is 1.52 bits per heavy atom. The van der Waals surface area contributed by atoms with Gasteiger partial charge in [-0.2, -0.15) is 10.2 Å². The molecule has 0 aliphatic carbocycles. The molecular formula is C22H23N5O2. The molecule has 0 spiro atoms. The Bertz CT molecular complexity index is 1040. The molecule has 2 aromatic carbocycles. The molecule has 7 nitrogen and oxygen atoms in total. The zero-order valence-corrected chi connectivity index (χ0v) is 16.4. The number of benzene rings is 2. The van der Waals surface area contributed by atoms with Crippen LogP contribution in [0.15, 0.2) is 81.9 Å². The van der Waals surface area contributed by atoms with Crippen LogP contribution in [0.1, 0.15) is 24.2 Å². The number of aromatic nitrogens is 1. The van der Waals surface area contributed by atoms with Gasteiger partial charge in [0.2, 0.25) is 0 Å². The van der Waals surface area contributed by atoms with Gasteiger partial charge < -0.3 is 15.2 Å². The lowest BCUT2D eigenvalue weighted by Crippen LogP contribution is -2.21. The highest BCUT2D eigenvalue weighted by Crippen LogP contribution is 2.22. The standard InChI is InChI=1S/C22H23N5O2/c1-3-27(4-2)19-13-11-18(12-14-19)26-25-17-9-7-16(8-10-17)21(28)24-20-6-5-15-23-22(20)29/h5-15H,3-4H2,1-2H3,(H,23,29)(H,24,28). The van der Waals surface area contributed by atoms with Crippen LogP contribution in [0.25, 0.3) is 0 Å². The summed E-state index contributed by atoms with van der Waals surface area (Å²) >= 11 is 0. The average Bonchev–Trinajstić information content (AvgIpc) is 2.76. The van der Waals surface area contributed by atoms with Crippen molar-refractivity contribution in [3.8, 4) is 0 Å². The van der Waals surface area contributed by atoms with E-state index in [-0.39, 0.29) is 17.2 Å². The van der Waals surface area contributed by atoms with Gasteiger partial charge in [-0.15, -0.1) is 0 Å². The van der Waals surface area contributed by atoms with Crippen molar-refractivity contribution in [3.05, 3.63) is 82.8 Å². The molecule has 0 aliphatic heterocycles. The van der Waals surface area contributed by atoms with Crippen LogP contribution >= 0.6 is 0 Å². The molecule has 1 amide bonds. The molecule has 0 aliphatic rings. The van der Waals surface area contributed by atoms with Crippen LogP contribution in [0.3, 0.4) is 0 Å². The maximum atomic E-state index is 12.3. The van der Waals surface area contributed by atoms with Crippen LogP contribution < -0.4 is 15.8 Å². The van der Waals surface area contributed by atoms with Crippen molar-refractivity contribution in [2.24, 2.45) is 10.2 Å². The van der Waals surface area contributed by atoms with E-state index in [1.54, 1.807) is 36.4 Å². The molecule has 0 fully saturated rings. The molecule has 148 valence electrons. The van der Waals surface area contributed by atoms with Crippen LogP contribution in [0.2, 0.25) is 0 Å². The van der Waals surface area contributed by atoms with E-state index in [4.69, 9.17) is 0 Å². The van der Waals surface area contributed by atoms with Gasteiger partial charge in [0.05, 0.1) is 11.4 Å². The summed E-state index contributed by atoms with van der Waals surface area (Å²) in [5.41, 5.74) is 2.82. The fourth-order valence-electron chi connectivity index (χ4n) is 2.83. The van der Waals surface area contributed by atoms with Crippen LogP contribution in [0.5, 0.6) is 0 Å².